The van der Waals surface area contributed by atoms with Crippen LogP contribution in [0.3, 0.4) is 0 Å². The van der Waals surface area contributed by atoms with Crippen LogP contribution in [0.1, 0.15) is 16.7 Å². The van der Waals surface area contributed by atoms with Gasteiger partial charge in [0.1, 0.15) is 18.2 Å². The van der Waals surface area contributed by atoms with Gasteiger partial charge in [0.05, 0.1) is 12.1 Å². The number of aryl methyl sites for hydroxylation is 1. The number of para-hydroxylation sites is 1. The Bertz CT molecular complexity index is 1470. The summed E-state index contributed by atoms with van der Waals surface area (Å²) < 4.78 is 11.6. The third-order valence-electron chi connectivity index (χ3n) is 5.57. The van der Waals surface area contributed by atoms with Crippen LogP contribution in [0.15, 0.2) is 84.4 Å². The van der Waals surface area contributed by atoms with E-state index in [0.717, 1.165) is 21.9 Å². The number of rotatable bonds is 7. The maximum atomic E-state index is 12.7. The second-order valence-electron chi connectivity index (χ2n) is 7.90. The number of benzene rings is 4. The Labute approximate surface area is 209 Å². The topological polar surface area (TPSA) is 71.3 Å². The van der Waals surface area contributed by atoms with Gasteiger partial charge in [-0.2, -0.15) is 5.26 Å². The normalized spacial score (nSPS) is 11.1. The Balaban J connectivity index is 1.58. The molecule has 0 atom stereocenters. The Morgan fingerprint density at radius 2 is 1.80 bits per heavy atom. The number of fused-ring (bicyclic) bond motifs is 1. The molecule has 4 aromatic rings. The summed E-state index contributed by atoms with van der Waals surface area (Å²) in [6.45, 7) is 2.18. The maximum absolute atomic E-state index is 12.7. The van der Waals surface area contributed by atoms with Crippen molar-refractivity contribution in [3.63, 3.8) is 0 Å². The van der Waals surface area contributed by atoms with Crippen LogP contribution in [0, 0.1) is 18.3 Å². The van der Waals surface area contributed by atoms with Gasteiger partial charge in [-0.25, -0.2) is 0 Å². The molecule has 4 rings (SSSR count). The summed E-state index contributed by atoms with van der Waals surface area (Å²) in [5.41, 5.74) is 3.04. The lowest BCUT2D eigenvalue weighted by Crippen LogP contribution is -2.14. The summed E-state index contributed by atoms with van der Waals surface area (Å²) in [5, 5.41) is 14.9. The molecule has 0 aliphatic heterocycles. The molecule has 0 aromatic heterocycles. The maximum Gasteiger partial charge on any atom is 0.266 e. The largest absolute Gasteiger partial charge is 0.493 e. The van der Waals surface area contributed by atoms with Crippen molar-refractivity contribution in [3.8, 4) is 17.6 Å². The van der Waals surface area contributed by atoms with Crippen LogP contribution in [0.2, 0.25) is 5.02 Å². The van der Waals surface area contributed by atoms with Crippen LogP contribution < -0.4 is 14.8 Å². The standard InChI is InChI=1S/C29H23ClN2O3/c1-19-8-3-6-13-26(19)32-29(33)23(17-31)14-20-15-25(30)28(27(16-20)34-2)35-18-22-11-7-10-21-9-4-5-12-24(21)22/h3-16H,18H2,1-2H3,(H,32,33)/b23-14-. The zero-order chi connectivity index (χ0) is 24.8. The average Bonchev–Trinajstić information content (AvgIpc) is 2.87. The molecule has 0 radical (unpaired) electrons. The van der Waals surface area contributed by atoms with Crippen LogP contribution >= 0.6 is 11.6 Å². The highest BCUT2D eigenvalue weighted by atomic mass is 35.5. The van der Waals surface area contributed by atoms with E-state index < -0.39 is 5.91 Å². The van der Waals surface area contributed by atoms with Crippen molar-refractivity contribution in [2.24, 2.45) is 0 Å². The van der Waals surface area contributed by atoms with Gasteiger partial charge >= 0.3 is 0 Å². The second kappa shape index (κ2) is 10.8. The fourth-order valence-corrected chi connectivity index (χ4v) is 4.02. The summed E-state index contributed by atoms with van der Waals surface area (Å²) >= 11 is 6.54. The van der Waals surface area contributed by atoms with Crippen LogP contribution in [0.4, 0.5) is 5.69 Å². The molecule has 1 amide bonds. The highest BCUT2D eigenvalue weighted by Crippen LogP contribution is 2.38. The molecular formula is C29H23ClN2O3. The quantitative estimate of drug-likeness (QED) is 0.229. The number of hydrogen-bond donors (Lipinski definition) is 1. The van der Waals surface area contributed by atoms with Gasteiger partial charge in [0.25, 0.3) is 5.91 Å². The highest BCUT2D eigenvalue weighted by molar-refractivity contribution is 6.32. The molecule has 5 nitrogen and oxygen atoms in total. The second-order valence-corrected chi connectivity index (χ2v) is 8.31. The molecule has 1 N–H and O–H groups in total. The Kier molecular flexibility index (Phi) is 7.35. The summed E-state index contributed by atoms with van der Waals surface area (Å²) in [6, 6.07) is 26.8. The van der Waals surface area contributed by atoms with E-state index in [1.54, 1.807) is 18.2 Å². The number of hydrogen-bond acceptors (Lipinski definition) is 4. The predicted octanol–water partition coefficient (Wildman–Crippen LogP) is 6.93. The number of nitrogens with one attached hydrogen (secondary N) is 1. The fraction of sp³-hybridized carbons (Fsp3) is 0.103. The van der Waals surface area contributed by atoms with Gasteiger partial charge in [-0.15, -0.1) is 0 Å². The molecule has 35 heavy (non-hydrogen) atoms. The van der Waals surface area contributed by atoms with E-state index in [1.165, 1.54) is 13.2 Å². The van der Waals surface area contributed by atoms with Crippen molar-refractivity contribution < 1.29 is 14.3 Å². The Morgan fingerprint density at radius 1 is 1.06 bits per heavy atom. The summed E-state index contributed by atoms with van der Waals surface area (Å²) in [7, 11) is 1.51. The first-order chi connectivity index (χ1) is 17.0. The SMILES string of the molecule is COc1cc(/C=C(/C#N)C(=O)Nc2ccccc2C)cc(Cl)c1OCc1cccc2ccccc12. The van der Waals surface area contributed by atoms with Gasteiger partial charge in [0.15, 0.2) is 11.5 Å². The van der Waals surface area contributed by atoms with Gasteiger partial charge < -0.3 is 14.8 Å². The number of carbonyl (C=O) groups excluding carboxylic acids is 1. The zero-order valence-corrected chi connectivity index (χ0v) is 20.1. The minimum absolute atomic E-state index is 0.0594. The van der Waals surface area contributed by atoms with E-state index >= 15 is 0 Å². The van der Waals surface area contributed by atoms with E-state index in [-0.39, 0.29) is 5.57 Å². The first-order valence-corrected chi connectivity index (χ1v) is 11.3. The van der Waals surface area contributed by atoms with Crippen molar-refractivity contribution in [2.45, 2.75) is 13.5 Å². The molecule has 0 unspecified atom stereocenters. The number of ether oxygens (including phenoxy) is 2. The third kappa shape index (κ3) is 5.46. The number of nitrogens with zero attached hydrogens (tertiary/aromatic N) is 1. The first-order valence-electron chi connectivity index (χ1n) is 11.0. The average molecular weight is 483 g/mol. The van der Waals surface area contributed by atoms with Crippen molar-refractivity contribution in [1.29, 1.82) is 5.26 Å². The summed E-state index contributed by atoms with van der Waals surface area (Å²) in [6.07, 6.45) is 1.47. The molecule has 6 heteroatoms. The van der Waals surface area contributed by atoms with Crippen molar-refractivity contribution in [3.05, 3.63) is 106 Å². The molecule has 174 valence electrons. The monoisotopic (exact) mass is 482 g/mol. The summed E-state index contributed by atoms with van der Waals surface area (Å²) in [5.74, 6) is 0.288. The van der Waals surface area contributed by atoms with Crippen LogP contribution in [-0.2, 0) is 11.4 Å². The highest BCUT2D eigenvalue weighted by Gasteiger charge is 2.15. The van der Waals surface area contributed by atoms with E-state index in [9.17, 15) is 10.1 Å². The van der Waals surface area contributed by atoms with Gasteiger partial charge in [-0.05, 0) is 58.7 Å². The number of nitriles is 1. The lowest BCUT2D eigenvalue weighted by atomic mass is 10.1. The van der Waals surface area contributed by atoms with Crippen LogP contribution in [-0.4, -0.2) is 13.0 Å². The molecule has 0 saturated heterocycles. The molecule has 0 spiro atoms. The molecule has 0 aliphatic carbocycles. The molecule has 0 saturated carbocycles. The summed E-state index contributed by atoms with van der Waals surface area (Å²) in [4.78, 5) is 12.7. The zero-order valence-electron chi connectivity index (χ0n) is 19.3. The van der Waals surface area contributed by atoms with Gasteiger partial charge in [-0.3, -0.25) is 4.79 Å². The fourth-order valence-electron chi connectivity index (χ4n) is 3.75. The minimum atomic E-state index is -0.506. The van der Waals surface area contributed by atoms with Crippen molar-refractivity contribution in [1.82, 2.24) is 0 Å². The number of halogens is 1. The molecule has 0 aliphatic rings. The first kappa shape index (κ1) is 23.9. The minimum Gasteiger partial charge on any atom is -0.493 e. The lowest BCUT2D eigenvalue weighted by molar-refractivity contribution is -0.112. The predicted molar refractivity (Wildman–Crippen MR) is 140 cm³/mol. The molecule has 0 fully saturated rings. The number of methoxy groups -OCH3 is 1. The number of carbonyl (C=O) groups is 1. The van der Waals surface area contributed by atoms with Crippen LogP contribution in [0.25, 0.3) is 16.8 Å². The van der Waals surface area contributed by atoms with E-state index in [2.05, 4.69) is 17.4 Å². The van der Waals surface area contributed by atoms with E-state index in [1.807, 2.05) is 61.5 Å². The lowest BCUT2D eigenvalue weighted by Gasteiger charge is -2.14. The Morgan fingerprint density at radius 3 is 2.57 bits per heavy atom. The molecule has 0 heterocycles. The smallest absolute Gasteiger partial charge is 0.266 e. The van der Waals surface area contributed by atoms with E-state index in [4.69, 9.17) is 21.1 Å². The van der Waals surface area contributed by atoms with Gasteiger partial charge in [-0.1, -0.05) is 72.3 Å². The van der Waals surface area contributed by atoms with Gasteiger partial charge in [0, 0.05) is 5.69 Å². The van der Waals surface area contributed by atoms with Crippen molar-refractivity contribution >= 4 is 40.0 Å². The number of anilines is 1. The molecular weight excluding hydrogens is 460 g/mol. The van der Waals surface area contributed by atoms with Crippen LogP contribution in [0.5, 0.6) is 11.5 Å². The Hall–Kier alpha value is -4.27. The third-order valence-corrected chi connectivity index (χ3v) is 5.85. The van der Waals surface area contributed by atoms with Gasteiger partial charge in [0.2, 0.25) is 0 Å². The molecule has 4 aromatic carbocycles. The molecule has 0 bridgehead atoms. The van der Waals surface area contributed by atoms with E-state index in [0.29, 0.717) is 34.4 Å². The van der Waals surface area contributed by atoms with Crippen molar-refractivity contribution in [2.75, 3.05) is 12.4 Å². The number of amides is 1.